The monoisotopic (exact) mass is 227 g/mol. The molecule has 0 aliphatic carbocycles. The molecule has 0 N–H and O–H groups in total. The van der Waals surface area contributed by atoms with Crippen LogP contribution in [0.15, 0.2) is 0 Å². The Kier molecular flexibility index (Phi) is 6.20. The molecule has 0 aromatic carbocycles. The topological polar surface area (TPSA) is 12.5 Å². The van der Waals surface area contributed by atoms with E-state index in [-0.39, 0.29) is 12.1 Å². The molecule has 0 aliphatic heterocycles. The van der Waals surface area contributed by atoms with Crippen LogP contribution in [0, 0.1) is 0 Å². The van der Waals surface area contributed by atoms with E-state index in [1.807, 2.05) is 13.8 Å². The number of alkyl halides is 3. The molecule has 0 amide bonds. The first kappa shape index (κ1) is 14.7. The molecule has 0 saturated carbocycles. The Balaban J connectivity index is 3.95. The highest BCUT2D eigenvalue weighted by atomic mass is 19.4. The highest BCUT2D eigenvalue weighted by Crippen LogP contribution is 2.17. The van der Waals surface area contributed by atoms with Crippen LogP contribution in [0.1, 0.15) is 27.7 Å². The van der Waals surface area contributed by atoms with Crippen molar-refractivity contribution in [2.45, 2.75) is 46.0 Å². The lowest BCUT2D eigenvalue weighted by Gasteiger charge is -2.27. The maximum Gasteiger partial charge on any atom is 0.401 e. The summed E-state index contributed by atoms with van der Waals surface area (Å²) in [5.41, 5.74) is 0. The molecular weight excluding hydrogens is 207 g/mol. The van der Waals surface area contributed by atoms with Crippen LogP contribution in [0.4, 0.5) is 13.2 Å². The fourth-order valence-corrected chi connectivity index (χ4v) is 1.16. The van der Waals surface area contributed by atoms with Gasteiger partial charge in [-0.2, -0.15) is 13.2 Å². The Morgan fingerprint density at radius 2 is 1.67 bits per heavy atom. The molecule has 15 heavy (non-hydrogen) atoms. The van der Waals surface area contributed by atoms with Gasteiger partial charge in [-0.15, -0.1) is 0 Å². The van der Waals surface area contributed by atoms with Crippen LogP contribution < -0.4 is 0 Å². The Hall–Kier alpha value is -0.290. The first-order valence-electron chi connectivity index (χ1n) is 5.14. The van der Waals surface area contributed by atoms with Crippen molar-refractivity contribution in [1.82, 2.24) is 4.90 Å². The maximum atomic E-state index is 12.2. The number of ether oxygens (including phenoxy) is 1. The molecule has 0 bridgehead atoms. The van der Waals surface area contributed by atoms with Gasteiger partial charge in [0.25, 0.3) is 0 Å². The van der Waals surface area contributed by atoms with Crippen LogP contribution in [0.5, 0.6) is 0 Å². The highest BCUT2D eigenvalue weighted by Gasteiger charge is 2.31. The Labute approximate surface area is 89.4 Å². The molecule has 92 valence electrons. The van der Waals surface area contributed by atoms with Crippen LogP contribution in [0.2, 0.25) is 0 Å². The van der Waals surface area contributed by atoms with E-state index in [0.717, 1.165) is 0 Å². The Morgan fingerprint density at radius 1 is 1.13 bits per heavy atom. The van der Waals surface area contributed by atoms with Crippen molar-refractivity contribution in [3.63, 3.8) is 0 Å². The number of nitrogens with zero attached hydrogens (tertiary/aromatic N) is 1. The standard InChI is InChI=1S/C10H20F3NO/c1-8(2)14(7-10(11,12)13)5-6-15-9(3)4/h8-9H,5-7H2,1-4H3. The summed E-state index contributed by atoms with van der Waals surface area (Å²) in [6.07, 6.45) is -4.08. The molecule has 0 aliphatic rings. The van der Waals surface area contributed by atoms with Crippen molar-refractivity contribution in [1.29, 1.82) is 0 Å². The van der Waals surface area contributed by atoms with Gasteiger partial charge in [0, 0.05) is 12.6 Å². The second-order valence-corrected chi connectivity index (χ2v) is 4.10. The van der Waals surface area contributed by atoms with Gasteiger partial charge in [0.05, 0.1) is 19.3 Å². The maximum absolute atomic E-state index is 12.2. The van der Waals surface area contributed by atoms with Gasteiger partial charge in [0.15, 0.2) is 0 Å². The van der Waals surface area contributed by atoms with Crippen molar-refractivity contribution in [2.75, 3.05) is 19.7 Å². The molecule has 0 radical (unpaired) electrons. The molecule has 0 rings (SSSR count). The van der Waals surface area contributed by atoms with Crippen molar-refractivity contribution < 1.29 is 17.9 Å². The van der Waals surface area contributed by atoms with Gasteiger partial charge < -0.3 is 4.74 Å². The van der Waals surface area contributed by atoms with Gasteiger partial charge in [0.2, 0.25) is 0 Å². The van der Waals surface area contributed by atoms with Crippen LogP contribution in [0.3, 0.4) is 0 Å². The summed E-state index contributed by atoms with van der Waals surface area (Å²) in [6, 6.07) is -0.123. The molecule has 0 atom stereocenters. The van der Waals surface area contributed by atoms with Gasteiger partial charge in [-0.25, -0.2) is 0 Å². The zero-order valence-corrected chi connectivity index (χ0v) is 9.77. The molecule has 0 unspecified atom stereocenters. The summed E-state index contributed by atoms with van der Waals surface area (Å²) in [4.78, 5) is 1.36. The van der Waals surface area contributed by atoms with Crippen molar-refractivity contribution >= 4 is 0 Å². The normalized spacial score (nSPS) is 13.2. The van der Waals surface area contributed by atoms with Crippen LogP contribution >= 0.6 is 0 Å². The van der Waals surface area contributed by atoms with Crippen molar-refractivity contribution in [2.24, 2.45) is 0 Å². The van der Waals surface area contributed by atoms with E-state index < -0.39 is 12.7 Å². The average molecular weight is 227 g/mol. The van der Waals surface area contributed by atoms with E-state index >= 15 is 0 Å². The van der Waals surface area contributed by atoms with E-state index in [1.165, 1.54) is 4.90 Å². The SMILES string of the molecule is CC(C)OCCN(CC(F)(F)F)C(C)C. The van der Waals surface area contributed by atoms with Gasteiger partial charge >= 0.3 is 6.18 Å². The van der Waals surface area contributed by atoms with Gasteiger partial charge in [-0.1, -0.05) is 0 Å². The minimum Gasteiger partial charge on any atom is -0.377 e. The zero-order chi connectivity index (χ0) is 12.1. The molecular formula is C10H20F3NO. The summed E-state index contributed by atoms with van der Waals surface area (Å²) < 4.78 is 41.7. The molecule has 0 saturated heterocycles. The number of hydrogen-bond acceptors (Lipinski definition) is 2. The lowest BCUT2D eigenvalue weighted by molar-refractivity contribution is -0.151. The highest BCUT2D eigenvalue weighted by molar-refractivity contribution is 4.67. The first-order valence-corrected chi connectivity index (χ1v) is 5.14. The first-order chi connectivity index (χ1) is 6.72. The van der Waals surface area contributed by atoms with Crippen LogP contribution in [0.25, 0.3) is 0 Å². The van der Waals surface area contributed by atoms with Crippen molar-refractivity contribution in [3.05, 3.63) is 0 Å². The van der Waals surface area contributed by atoms with Gasteiger partial charge in [0.1, 0.15) is 0 Å². The predicted octanol–water partition coefficient (Wildman–Crippen LogP) is 2.68. The third kappa shape index (κ3) is 8.69. The zero-order valence-electron chi connectivity index (χ0n) is 9.77. The second-order valence-electron chi connectivity index (χ2n) is 4.10. The summed E-state index contributed by atoms with van der Waals surface area (Å²) >= 11 is 0. The summed E-state index contributed by atoms with van der Waals surface area (Å²) in [6.45, 7) is 7.02. The predicted molar refractivity (Wildman–Crippen MR) is 53.9 cm³/mol. The van der Waals surface area contributed by atoms with E-state index in [2.05, 4.69) is 0 Å². The van der Waals surface area contributed by atoms with Gasteiger partial charge in [-0.3, -0.25) is 4.90 Å². The van der Waals surface area contributed by atoms with E-state index in [4.69, 9.17) is 4.74 Å². The van der Waals surface area contributed by atoms with Gasteiger partial charge in [-0.05, 0) is 27.7 Å². The van der Waals surface area contributed by atoms with E-state index in [0.29, 0.717) is 13.2 Å². The number of halogens is 3. The summed E-state index contributed by atoms with van der Waals surface area (Å²) in [5, 5.41) is 0. The Morgan fingerprint density at radius 3 is 2.00 bits per heavy atom. The number of rotatable bonds is 6. The van der Waals surface area contributed by atoms with E-state index in [1.54, 1.807) is 13.8 Å². The molecule has 0 heterocycles. The third-order valence-electron chi connectivity index (χ3n) is 1.94. The number of hydrogen-bond donors (Lipinski definition) is 0. The summed E-state index contributed by atoms with van der Waals surface area (Å²) in [5.74, 6) is 0. The molecule has 0 aromatic rings. The lowest BCUT2D eigenvalue weighted by Crippen LogP contribution is -2.41. The molecule has 0 fully saturated rings. The third-order valence-corrected chi connectivity index (χ3v) is 1.94. The fraction of sp³-hybridized carbons (Fsp3) is 1.00. The second kappa shape index (κ2) is 6.33. The Bertz CT molecular complexity index is 169. The smallest absolute Gasteiger partial charge is 0.377 e. The summed E-state index contributed by atoms with van der Waals surface area (Å²) in [7, 11) is 0. The molecule has 0 spiro atoms. The quantitative estimate of drug-likeness (QED) is 0.691. The van der Waals surface area contributed by atoms with E-state index in [9.17, 15) is 13.2 Å². The van der Waals surface area contributed by atoms with Crippen LogP contribution in [-0.4, -0.2) is 42.9 Å². The minimum absolute atomic E-state index is 0.0601. The minimum atomic E-state index is -4.14. The largest absolute Gasteiger partial charge is 0.401 e. The average Bonchev–Trinajstić information content (AvgIpc) is 1.99. The van der Waals surface area contributed by atoms with Crippen molar-refractivity contribution in [3.8, 4) is 0 Å². The van der Waals surface area contributed by atoms with Crippen LogP contribution in [-0.2, 0) is 4.74 Å². The molecule has 5 heteroatoms. The lowest BCUT2D eigenvalue weighted by atomic mass is 10.3. The molecule has 2 nitrogen and oxygen atoms in total. The molecule has 0 aromatic heterocycles. The fourth-order valence-electron chi connectivity index (χ4n) is 1.16.